The van der Waals surface area contributed by atoms with Gasteiger partial charge in [0, 0.05) is 14.1 Å². The molecule has 4 N–H and O–H groups in total. The Balaban J connectivity index is 2.27. The molecule has 0 aliphatic carbocycles. The Hall–Kier alpha value is -2.05. The molecule has 25 heavy (non-hydrogen) atoms. The quantitative estimate of drug-likeness (QED) is 0.437. The molecule has 1 aliphatic heterocycles. The lowest BCUT2D eigenvalue weighted by atomic mass is 9.98. The molecule has 1 fully saturated rings. The number of imidazole rings is 1. The zero-order valence-corrected chi connectivity index (χ0v) is 13.9. The summed E-state index contributed by atoms with van der Waals surface area (Å²) < 4.78 is 8.85. The highest BCUT2D eigenvalue weighted by Gasteiger charge is 2.45. The van der Waals surface area contributed by atoms with Crippen LogP contribution in [0.1, 0.15) is 12.1 Å². The molecule has 11 nitrogen and oxygen atoms in total. The number of fused-ring (bicyclic) bond motifs is 1. The van der Waals surface area contributed by atoms with E-state index in [0.717, 1.165) is 4.57 Å². The fraction of sp³-hybridized carbons (Fsp3) is 0.643. The van der Waals surface area contributed by atoms with Gasteiger partial charge in [0.15, 0.2) is 17.4 Å². The predicted molar refractivity (Wildman–Crippen MR) is 84.0 cm³/mol. The number of ether oxygens (including phenoxy) is 1. The molecule has 5 atom stereocenters. The van der Waals surface area contributed by atoms with E-state index in [1.165, 1.54) is 23.2 Å². The molecule has 0 aromatic carbocycles. The van der Waals surface area contributed by atoms with Crippen molar-refractivity contribution in [2.24, 2.45) is 14.1 Å². The largest absolute Gasteiger partial charge is 0.394 e. The van der Waals surface area contributed by atoms with E-state index in [9.17, 15) is 30.0 Å². The van der Waals surface area contributed by atoms with Gasteiger partial charge < -0.3 is 25.2 Å². The second kappa shape index (κ2) is 6.04. The van der Waals surface area contributed by atoms with Gasteiger partial charge in [-0.1, -0.05) is 0 Å². The second-order valence-electron chi connectivity index (χ2n) is 6.13. The van der Waals surface area contributed by atoms with Gasteiger partial charge >= 0.3 is 5.69 Å². The zero-order valence-electron chi connectivity index (χ0n) is 13.9. The average Bonchev–Trinajstić information content (AvgIpc) is 2.94. The smallest absolute Gasteiger partial charge is 0.332 e. The van der Waals surface area contributed by atoms with Crippen molar-refractivity contribution in [1.82, 2.24) is 18.7 Å². The van der Waals surface area contributed by atoms with Crippen LogP contribution in [0.5, 0.6) is 0 Å². The first-order chi connectivity index (χ1) is 11.7. The number of aliphatic hydroxyl groups excluding tert-OH is 4. The number of aliphatic hydroxyl groups is 4. The minimum absolute atomic E-state index is 0.00595. The van der Waals surface area contributed by atoms with Crippen LogP contribution in [-0.4, -0.2) is 70.1 Å². The molecular formula is C14H20N4O7. The molecule has 3 rings (SSSR count). The number of aryl methyl sites for hydroxylation is 2. The van der Waals surface area contributed by atoms with Crippen LogP contribution in [0, 0.1) is 6.92 Å². The van der Waals surface area contributed by atoms with Gasteiger partial charge in [0.2, 0.25) is 0 Å². The van der Waals surface area contributed by atoms with Crippen molar-refractivity contribution in [3.8, 4) is 0 Å². The number of aromatic nitrogens is 4. The summed E-state index contributed by atoms with van der Waals surface area (Å²) in [7, 11) is 2.76. The van der Waals surface area contributed by atoms with Crippen LogP contribution in [0.25, 0.3) is 11.2 Å². The molecular weight excluding hydrogens is 336 g/mol. The molecule has 0 spiro atoms. The molecule has 0 bridgehead atoms. The lowest BCUT2D eigenvalue weighted by Gasteiger charge is -2.40. The van der Waals surface area contributed by atoms with Gasteiger partial charge in [-0.15, -0.1) is 0 Å². The molecule has 0 saturated carbocycles. The summed E-state index contributed by atoms with van der Waals surface area (Å²) in [6.45, 7) is 0.953. The third-order valence-corrected chi connectivity index (χ3v) is 4.59. The molecule has 0 unspecified atom stereocenters. The molecule has 3 heterocycles. The number of rotatable bonds is 2. The van der Waals surface area contributed by atoms with E-state index in [1.54, 1.807) is 6.92 Å². The maximum Gasteiger partial charge on any atom is 0.332 e. The molecule has 2 aromatic heterocycles. The Kier molecular flexibility index (Phi) is 4.29. The van der Waals surface area contributed by atoms with Crippen molar-refractivity contribution >= 4 is 11.2 Å². The van der Waals surface area contributed by atoms with Crippen LogP contribution in [0.4, 0.5) is 0 Å². The Morgan fingerprint density at radius 1 is 1.08 bits per heavy atom. The van der Waals surface area contributed by atoms with Crippen molar-refractivity contribution in [2.75, 3.05) is 6.61 Å². The van der Waals surface area contributed by atoms with E-state index in [1.807, 2.05) is 0 Å². The topological polar surface area (TPSA) is 152 Å². The minimum atomic E-state index is -1.59. The molecule has 0 radical (unpaired) electrons. The van der Waals surface area contributed by atoms with Crippen LogP contribution >= 0.6 is 0 Å². The maximum absolute atomic E-state index is 12.6. The molecule has 0 amide bonds. The average molecular weight is 356 g/mol. The maximum atomic E-state index is 12.6. The van der Waals surface area contributed by atoms with E-state index in [2.05, 4.69) is 4.98 Å². The molecule has 11 heteroatoms. The normalized spacial score (nSPS) is 30.1. The number of hydrogen-bond acceptors (Lipinski definition) is 8. The summed E-state index contributed by atoms with van der Waals surface area (Å²) in [6.07, 6.45) is -7.08. The first-order valence-corrected chi connectivity index (χ1v) is 7.65. The van der Waals surface area contributed by atoms with Gasteiger partial charge in [-0.25, -0.2) is 9.78 Å². The van der Waals surface area contributed by atoms with Crippen molar-refractivity contribution < 1.29 is 25.2 Å². The van der Waals surface area contributed by atoms with Crippen molar-refractivity contribution in [1.29, 1.82) is 0 Å². The van der Waals surface area contributed by atoms with Gasteiger partial charge in [0.05, 0.1) is 6.61 Å². The van der Waals surface area contributed by atoms with E-state index < -0.39 is 48.5 Å². The third kappa shape index (κ3) is 2.43. The van der Waals surface area contributed by atoms with E-state index >= 15 is 0 Å². The van der Waals surface area contributed by atoms with Crippen molar-refractivity contribution in [3.63, 3.8) is 0 Å². The lowest BCUT2D eigenvalue weighted by Crippen LogP contribution is -2.56. The number of hydrogen-bond donors (Lipinski definition) is 4. The first kappa shape index (κ1) is 17.8. The van der Waals surface area contributed by atoms with Gasteiger partial charge in [0.1, 0.15) is 30.2 Å². The van der Waals surface area contributed by atoms with Crippen LogP contribution in [0.2, 0.25) is 0 Å². The van der Waals surface area contributed by atoms with E-state index in [0.29, 0.717) is 0 Å². The SMILES string of the molecule is Cc1nc2c(c(=O)n(C)c(=O)n2C)n1[C@@H]1O[C@H](CO)[C@@H](O)[C@H](O)[C@@H]1O. The summed E-state index contributed by atoms with van der Waals surface area (Å²) in [5.41, 5.74) is -1.10. The van der Waals surface area contributed by atoms with Crippen LogP contribution in [-0.2, 0) is 18.8 Å². The fourth-order valence-electron chi connectivity index (χ4n) is 3.13. The third-order valence-electron chi connectivity index (χ3n) is 4.59. The highest BCUT2D eigenvalue weighted by Crippen LogP contribution is 2.31. The van der Waals surface area contributed by atoms with Crippen LogP contribution in [0.3, 0.4) is 0 Å². The fourth-order valence-corrected chi connectivity index (χ4v) is 3.13. The monoisotopic (exact) mass is 356 g/mol. The highest BCUT2D eigenvalue weighted by atomic mass is 16.6. The van der Waals surface area contributed by atoms with E-state index in [-0.39, 0.29) is 17.0 Å². The highest BCUT2D eigenvalue weighted by molar-refractivity contribution is 5.71. The second-order valence-corrected chi connectivity index (χ2v) is 6.13. The Bertz CT molecular complexity index is 928. The van der Waals surface area contributed by atoms with Crippen molar-refractivity contribution in [3.05, 3.63) is 26.7 Å². The summed E-state index contributed by atoms with van der Waals surface area (Å²) in [5, 5.41) is 39.5. The standard InChI is InChI=1S/C14H20N4O7/c1-5-15-11-7(12(23)17(3)14(24)16(11)2)18(5)13-10(22)9(21)8(20)6(4-19)25-13/h6,8-10,13,19-22H,4H2,1-3H3/t6-,8-,9+,10+,13-/m1/s1. The van der Waals surface area contributed by atoms with Gasteiger partial charge in [-0.3, -0.25) is 18.5 Å². The summed E-state index contributed by atoms with van der Waals surface area (Å²) in [5.74, 6) is 0.262. The number of nitrogens with zero attached hydrogens (tertiary/aromatic N) is 4. The van der Waals surface area contributed by atoms with Gasteiger partial charge in [0.25, 0.3) is 5.56 Å². The Labute approximate surface area is 141 Å². The molecule has 1 aliphatic rings. The minimum Gasteiger partial charge on any atom is -0.394 e. The zero-order chi connectivity index (χ0) is 18.6. The van der Waals surface area contributed by atoms with Gasteiger partial charge in [-0.2, -0.15) is 0 Å². The molecule has 1 saturated heterocycles. The first-order valence-electron chi connectivity index (χ1n) is 7.65. The summed E-state index contributed by atoms with van der Waals surface area (Å²) >= 11 is 0. The van der Waals surface area contributed by atoms with Crippen molar-refractivity contribution in [2.45, 2.75) is 37.6 Å². The summed E-state index contributed by atoms with van der Waals surface area (Å²) in [6, 6.07) is 0. The Morgan fingerprint density at radius 3 is 2.32 bits per heavy atom. The van der Waals surface area contributed by atoms with Crippen LogP contribution < -0.4 is 11.2 Å². The summed E-state index contributed by atoms with van der Waals surface area (Å²) in [4.78, 5) is 28.8. The Morgan fingerprint density at radius 2 is 1.72 bits per heavy atom. The predicted octanol–water partition coefficient (Wildman–Crippen LogP) is -3.29. The molecule has 138 valence electrons. The van der Waals surface area contributed by atoms with Gasteiger partial charge in [-0.05, 0) is 6.92 Å². The van der Waals surface area contributed by atoms with Crippen LogP contribution in [0.15, 0.2) is 9.59 Å². The lowest BCUT2D eigenvalue weighted by molar-refractivity contribution is -0.250. The van der Waals surface area contributed by atoms with E-state index in [4.69, 9.17) is 4.74 Å². The molecule has 2 aromatic rings.